The molecular weight excluding hydrogens is 518 g/mol. The first-order chi connectivity index (χ1) is 19.7. The maximum atomic E-state index is 12.4. The van der Waals surface area contributed by atoms with E-state index in [1.807, 2.05) is 45.0 Å². The van der Waals surface area contributed by atoms with E-state index in [9.17, 15) is 9.59 Å². The van der Waals surface area contributed by atoms with Crippen molar-refractivity contribution < 1.29 is 14.3 Å². The quantitative estimate of drug-likeness (QED) is 0.474. The Morgan fingerprint density at radius 2 is 1.37 bits per heavy atom. The number of nitrogens with two attached hydrogens (primary N) is 1. The number of hydrogen-bond donors (Lipinski definition) is 2. The lowest BCUT2D eigenvalue weighted by Crippen LogP contribution is -2.50. The number of benzene rings is 1. The Morgan fingerprint density at radius 1 is 0.805 bits per heavy atom. The first kappa shape index (κ1) is 30.4. The van der Waals surface area contributed by atoms with Gasteiger partial charge in [-0.15, -0.1) is 0 Å². The van der Waals surface area contributed by atoms with Crippen LogP contribution in [0.5, 0.6) is 0 Å². The van der Waals surface area contributed by atoms with Gasteiger partial charge in [0.15, 0.2) is 11.5 Å². The number of carbonyl (C=O) groups is 2. The van der Waals surface area contributed by atoms with Gasteiger partial charge in [-0.25, -0.2) is 14.8 Å². The molecule has 1 aromatic heterocycles. The van der Waals surface area contributed by atoms with Crippen LogP contribution >= 0.6 is 0 Å². The number of hydrogen-bond acceptors (Lipinski definition) is 8. The molecule has 224 valence electrons. The highest BCUT2D eigenvalue weighted by atomic mass is 16.6. The number of rotatable bonds is 5. The van der Waals surface area contributed by atoms with E-state index in [4.69, 9.17) is 15.5 Å². The van der Waals surface area contributed by atoms with Gasteiger partial charge in [-0.05, 0) is 57.9 Å². The number of piperazine rings is 1. The van der Waals surface area contributed by atoms with Gasteiger partial charge >= 0.3 is 6.09 Å². The van der Waals surface area contributed by atoms with Crippen LogP contribution in [0, 0.1) is 0 Å². The fraction of sp³-hybridized carbons (Fsp3) is 0.613. The minimum atomic E-state index is -0.611. The Hall–Kier alpha value is -3.56. The van der Waals surface area contributed by atoms with Crippen molar-refractivity contribution >= 4 is 35.0 Å². The van der Waals surface area contributed by atoms with Crippen LogP contribution in [-0.2, 0) is 4.74 Å². The standard InChI is InChI=1S/C31H47N7O3/c1-31(2,3)41-30(40)38-21-19-36(20-22-38)25-15-13-24(14-16-25)34-29-27(28(32)39)33-23-26(35-29)37-17-11-9-7-5-4-6-8-10-12-18-37/h13-16,23H,4-12,17-22H2,1-3H3,(H2,32,39)(H,34,35). The van der Waals surface area contributed by atoms with Crippen molar-refractivity contribution in [3.05, 3.63) is 36.2 Å². The summed E-state index contributed by atoms with van der Waals surface area (Å²) in [5.74, 6) is 0.536. The molecule has 1 aromatic carbocycles. The number of anilines is 4. The minimum absolute atomic E-state index is 0.130. The third-order valence-electron chi connectivity index (χ3n) is 7.60. The van der Waals surface area contributed by atoms with Crippen LogP contribution in [0.2, 0.25) is 0 Å². The van der Waals surface area contributed by atoms with Crippen molar-refractivity contribution in [3.63, 3.8) is 0 Å². The smallest absolute Gasteiger partial charge is 0.410 e. The SMILES string of the molecule is CC(C)(C)OC(=O)N1CCN(c2ccc(Nc3nc(N4CCCCCCCCCCC4)cnc3C(N)=O)cc2)CC1. The molecule has 4 rings (SSSR count). The van der Waals surface area contributed by atoms with Gasteiger partial charge in [-0.2, -0.15) is 0 Å². The predicted octanol–water partition coefficient (Wildman–Crippen LogP) is 5.71. The number of ether oxygens (including phenoxy) is 1. The molecule has 0 atom stereocenters. The van der Waals surface area contributed by atoms with Gasteiger partial charge in [0.25, 0.3) is 5.91 Å². The number of amides is 2. The summed E-state index contributed by atoms with van der Waals surface area (Å²) >= 11 is 0. The van der Waals surface area contributed by atoms with Gasteiger partial charge in [-0.1, -0.05) is 44.9 Å². The van der Waals surface area contributed by atoms with Crippen LogP contribution in [0.3, 0.4) is 0 Å². The van der Waals surface area contributed by atoms with Crippen molar-refractivity contribution in [1.82, 2.24) is 14.9 Å². The maximum absolute atomic E-state index is 12.4. The normalized spacial score (nSPS) is 17.8. The minimum Gasteiger partial charge on any atom is -0.444 e. The molecule has 10 heteroatoms. The molecule has 2 aliphatic heterocycles. The van der Waals surface area contributed by atoms with Crippen LogP contribution in [0.15, 0.2) is 30.5 Å². The number of carbonyl (C=O) groups excluding carboxylic acids is 2. The Labute approximate surface area is 244 Å². The molecule has 2 aromatic rings. The summed E-state index contributed by atoms with van der Waals surface area (Å²) in [4.78, 5) is 40.1. The van der Waals surface area contributed by atoms with E-state index in [-0.39, 0.29) is 11.8 Å². The van der Waals surface area contributed by atoms with E-state index in [0.29, 0.717) is 18.9 Å². The van der Waals surface area contributed by atoms with Crippen molar-refractivity contribution in [2.24, 2.45) is 5.73 Å². The van der Waals surface area contributed by atoms with E-state index >= 15 is 0 Å². The molecule has 2 aliphatic rings. The van der Waals surface area contributed by atoms with E-state index in [1.54, 1.807) is 11.1 Å². The van der Waals surface area contributed by atoms with Gasteiger partial charge in [0.2, 0.25) is 0 Å². The molecule has 0 bridgehead atoms. The first-order valence-electron chi connectivity index (χ1n) is 15.2. The van der Waals surface area contributed by atoms with Crippen LogP contribution in [0.1, 0.15) is 89.0 Å². The second-order valence-electron chi connectivity index (χ2n) is 12.1. The lowest BCUT2D eigenvalue weighted by molar-refractivity contribution is 0.0240. The van der Waals surface area contributed by atoms with E-state index < -0.39 is 11.5 Å². The zero-order valence-electron chi connectivity index (χ0n) is 25.0. The molecule has 0 radical (unpaired) electrons. The third kappa shape index (κ3) is 9.23. The lowest BCUT2D eigenvalue weighted by Gasteiger charge is -2.36. The number of nitrogens with one attached hydrogen (secondary N) is 1. The zero-order valence-corrected chi connectivity index (χ0v) is 25.0. The topological polar surface area (TPSA) is 117 Å². The van der Waals surface area contributed by atoms with Crippen molar-refractivity contribution in [1.29, 1.82) is 0 Å². The van der Waals surface area contributed by atoms with E-state index in [1.165, 1.54) is 44.9 Å². The lowest BCUT2D eigenvalue weighted by atomic mass is 10.1. The van der Waals surface area contributed by atoms with Gasteiger partial charge in [0.1, 0.15) is 11.4 Å². The van der Waals surface area contributed by atoms with Gasteiger partial charge in [-0.3, -0.25) is 4.79 Å². The summed E-state index contributed by atoms with van der Waals surface area (Å²) in [7, 11) is 0. The van der Waals surface area contributed by atoms with Crippen LogP contribution < -0.4 is 20.9 Å². The summed E-state index contributed by atoms with van der Waals surface area (Å²) in [5, 5.41) is 3.29. The van der Waals surface area contributed by atoms with Crippen LogP contribution in [0.25, 0.3) is 0 Å². The molecule has 2 fully saturated rings. The highest BCUT2D eigenvalue weighted by Crippen LogP contribution is 2.25. The highest BCUT2D eigenvalue weighted by Gasteiger charge is 2.26. The van der Waals surface area contributed by atoms with Crippen molar-refractivity contribution in [2.75, 3.05) is 54.4 Å². The van der Waals surface area contributed by atoms with E-state index in [2.05, 4.69) is 20.1 Å². The summed E-state index contributed by atoms with van der Waals surface area (Å²) in [6, 6.07) is 7.99. The fourth-order valence-corrected chi connectivity index (χ4v) is 5.35. The predicted molar refractivity (Wildman–Crippen MR) is 164 cm³/mol. The average molecular weight is 566 g/mol. The molecule has 3 heterocycles. The molecular formula is C31H47N7O3. The Bertz CT molecular complexity index is 1130. The monoisotopic (exact) mass is 565 g/mol. The maximum Gasteiger partial charge on any atom is 0.410 e. The van der Waals surface area contributed by atoms with Gasteiger partial charge in [0.05, 0.1) is 6.20 Å². The molecule has 0 unspecified atom stereocenters. The van der Waals surface area contributed by atoms with E-state index in [0.717, 1.165) is 56.2 Å². The number of nitrogens with zero attached hydrogens (tertiary/aromatic N) is 5. The fourth-order valence-electron chi connectivity index (χ4n) is 5.35. The molecule has 0 aliphatic carbocycles. The number of aromatic nitrogens is 2. The highest BCUT2D eigenvalue weighted by molar-refractivity contribution is 5.96. The summed E-state index contributed by atoms with van der Waals surface area (Å²) < 4.78 is 5.51. The zero-order chi connectivity index (χ0) is 29.2. The average Bonchev–Trinajstić information content (AvgIpc) is 2.93. The summed E-state index contributed by atoms with van der Waals surface area (Å²) in [6.45, 7) is 10.2. The second-order valence-corrected chi connectivity index (χ2v) is 12.1. The van der Waals surface area contributed by atoms with Crippen molar-refractivity contribution in [2.45, 2.75) is 84.2 Å². The molecule has 41 heavy (non-hydrogen) atoms. The van der Waals surface area contributed by atoms with Crippen LogP contribution in [0.4, 0.5) is 27.8 Å². The number of primary amides is 1. The molecule has 2 amide bonds. The Kier molecular flexibility index (Phi) is 10.7. The van der Waals surface area contributed by atoms with Crippen molar-refractivity contribution in [3.8, 4) is 0 Å². The molecule has 0 saturated carbocycles. The Balaban J connectivity index is 1.41. The molecule has 2 saturated heterocycles. The largest absolute Gasteiger partial charge is 0.444 e. The summed E-state index contributed by atoms with van der Waals surface area (Å²) in [6.07, 6.45) is 12.6. The van der Waals surface area contributed by atoms with Gasteiger partial charge in [0, 0.05) is 50.6 Å². The summed E-state index contributed by atoms with van der Waals surface area (Å²) in [5.41, 5.74) is 7.15. The molecule has 0 spiro atoms. The third-order valence-corrected chi connectivity index (χ3v) is 7.60. The molecule has 10 nitrogen and oxygen atoms in total. The molecule has 3 N–H and O–H groups in total. The van der Waals surface area contributed by atoms with Crippen LogP contribution in [-0.4, -0.2) is 71.7 Å². The Morgan fingerprint density at radius 3 is 1.90 bits per heavy atom. The van der Waals surface area contributed by atoms with Gasteiger partial charge < -0.3 is 30.5 Å². The first-order valence-corrected chi connectivity index (χ1v) is 15.2. The second kappa shape index (κ2) is 14.4.